The fraction of sp³-hybridized carbons (Fsp3) is 0.440. The van der Waals surface area contributed by atoms with Crippen molar-refractivity contribution in [2.45, 2.75) is 56.7 Å². The van der Waals surface area contributed by atoms with Gasteiger partial charge in [0.05, 0.1) is 24.0 Å². The number of carbonyl (C=O) groups excluding carboxylic acids is 1. The molecule has 2 saturated carbocycles. The Morgan fingerprint density at radius 1 is 1.23 bits per heavy atom. The number of fused-ring (bicyclic) bond motifs is 2. The first-order chi connectivity index (χ1) is 14.9. The molecule has 1 atom stereocenters. The van der Waals surface area contributed by atoms with Crippen molar-refractivity contribution in [3.05, 3.63) is 60.0 Å². The molecule has 0 spiro atoms. The van der Waals surface area contributed by atoms with Crippen LogP contribution in [0.4, 0.5) is 0 Å². The molecule has 160 valence electrons. The number of hydrogen-bond donors (Lipinski definition) is 0. The number of rotatable bonds is 6. The van der Waals surface area contributed by atoms with Gasteiger partial charge in [-0.25, -0.2) is 9.78 Å². The molecule has 1 aromatic carbocycles. The fourth-order valence-electron chi connectivity index (χ4n) is 5.19. The van der Waals surface area contributed by atoms with Crippen LogP contribution in [0.2, 0.25) is 0 Å². The van der Waals surface area contributed by atoms with E-state index in [0.29, 0.717) is 29.6 Å². The van der Waals surface area contributed by atoms with Crippen molar-refractivity contribution in [2.75, 3.05) is 6.61 Å². The first-order valence-electron chi connectivity index (χ1n) is 11.0. The summed E-state index contributed by atoms with van der Waals surface area (Å²) >= 11 is 0. The van der Waals surface area contributed by atoms with Gasteiger partial charge >= 0.3 is 5.97 Å². The monoisotopic (exact) mass is 418 g/mol. The lowest BCUT2D eigenvalue weighted by Gasteiger charge is -2.41. The Labute approximate surface area is 181 Å². The Hall–Kier alpha value is -2.86. The molecule has 0 radical (unpaired) electrons. The number of carbonyl (C=O) groups is 1. The molecule has 2 aromatic heterocycles. The van der Waals surface area contributed by atoms with E-state index in [-0.39, 0.29) is 17.1 Å². The predicted molar refractivity (Wildman–Crippen MR) is 115 cm³/mol. The maximum atomic E-state index is 13.1. The highest BCUT2D eigenvalue weighted by Crippen LogP contribution is 2.58. The quantitative estimate of drug-likeness (QED) is 0.434. The summed E-state index contributed by atoms with van der Waals surface area (Å²) in [5.41, 5.74) is 2.20. The molecule has 3 aromatic rings. The summed E-state index contributed by atoms with van der Waals surface area (Å²) in [5.74, 6) is 1.16. The van der Waals surface area contributed by atoms with Crippen LogP contribution >= 0.6 is 0 Å². The first-order valence-corrected chi connectivity index (χ1v) is 11.0. The number of benzene rings is 1. The Morgan fingerprint density at radius 2 is 2.00 bits per heavy atom. The zero-order chi connectivity index (χ0) is 21.2. The van der Waals surface area contributed by atoms with Gasteiger partial charge in [0.2, 0.25) is 0 Å². The van der Waals surface area contributed by atoms with Gasteiger partial charge in [-0.05, 0) is 57.6 Å². The van der Waals surface area contributed by atoms with E-state index in [0.717, 1.165) is 24.2 Å². The molecule has 7 rings (SSSR count). The van der Waals surface area contributed by atoms with Gasteiger partial charge in [0, 0.05) is 23.9 Å². The largest absolute Gasteiger partial charge is 0.489 e. The topological polar surface area (TPSA) is 62.1 Å². The number of imidazole rings is 1. The van der Waals surface area contributed by atoms with Crippen LogP contribution < -0.4 is 9.47 Å². The van der Waals surface area contributed by atoms with Gasteiger partial charge < -0.3 is 18.6 Å². The maximum Gasteiger partial charge on any atom is 0.348 e. The molecule has 0 amide bonds. The van der Waals surface area contributed by atoms with E-state index in [1.807, 2.05) is 34.9 Å². The Kier molecular flexibility index (Phi) is 4.00. The second-order valence-corrected chi connectivity index (χ2v) is 9.68. The molecule has 4 heterocycles. The standard InChI is InChI=1S/C25H26N2O4/c1-16(17-8-9-17)30-20-10-22-26-21(25-13-24(2,14-25)29-15-25)12-27(22)11-19(20)23(28)31-18-6-4-3-5-7-18/h3-7,10-12,16-17H,8-9,13-15H2,1-2H3. The normalized spacial score (nSPS) is 27.7. The zero-order valence-electron chi connectivity index (χ0n) is 17.8. The number of para-hydroxylation sites is 1. The fourth-order valence-corrected chi connectivity index (χ4v) is 5.19. The summed E-state index contributed by atoms with van der Waals surface area (Å²) in [4.78, 5) is 18.0. The molecule has 2 bridgehead atoms. The number of nitrogens with zero attached hydrogens (tertiary/aromatic N) is 2. The highest BCUT2D eigenvalue weighted by molar-refractivity contribution is 5.94. The van der Waals surface area contributed by atoms with Crippen molar-refractivity contribution in [1.82, 2.24) is 9.38 Å². The lowest BCUT2D eigenvalue weighted by molar-refractivity contribution is 0.0154. The van der Waals surface area contributed by atoms with Crippen LogP contribution in [0.1, 0.15) is 55.6 Å². The number of hydrogen-bond acceptors (Lipinski definition) is 5. The van der Waals surface area contributed by atoms with Gasteiger partial charge in [0.1, 0.15) is 22.7 Å². The average molecular weight is 418 g/mol. The minimum absolute atomic E-state index is 0.00554. The molecule has 6 heteroatoms. The minimum atomic E-state index is -0.431. The summed E-state index contributed by atoms with van der Waals surface area (Å²) in [6.07, 6.45) is 8.19. The summed E-state index contributed by atoms with van der Waals surface area (Å²) in [7, 11) is 0. The van der Waals surface area contributed by atoms with Crippen molar-refractivity contribution < 1.29 is 19.0 Å². The van der Waals surface area contributed by atoms with Gasteiger partial charge in [-0.1, -0.05) is 18.2 Å². The number of ether oxygens (including phenoxy) is 3. The predicted octanol–water partition coefficient (Wildman–Crippen LogP) is 4.55. The van der Waals surface area contributed by atoms with Crippen LogP contribution in [-0.2, 0) is 10.2 Å². The lowest BCUT2D eigenvalue weighted by Crippen LogP contribution is -2.45. The van der Waals surface area contributed by atoms with Crippen LogP contribution in [0.3, 0.4) is 0 Å². The Morgan fingerprint density at radius 3 is 2.68 bits per heavy atom. The van der Waals surface area contributed by atoms with E-state index < -0.39 is 5.97 Å². The molecule has 0 N–H and O–H groups in total. The smallest absolute Gasteiger partial charge is 0.348 e. The van der Waals surface area contributed by atoms with Gasteiger partial charge in [0.15, 0.2) is 0 Å². The lowest BCUT2D eigenvalue weighted by atomic mass is 9.62. The molecule has 4 aliphatic rings. The summed E-state index contributed by atoms with van der Waals surface area (Å²) in [6, 6.07) is 11.0. The second-order valence-electron chi connectivity index (χ2n) is 9.68. The zero-order valence-corrected chi connectivity index (χ0v) is 17.8. The van der Waals surface area contributed by atoms with Gasteiger partial charge in [-0.3, -0.25) is 0 Å². The molecule has 31 heavy (non-hydrogen) atoms. The average Bonchev–Trinajstić information content (AvgIpc) is 3.30. The van der Waals surface area contributed by atoms with Crippen LogP contribution in [0.15, 0.2) is 48.8 Å². The van der Waals surface area contributed by atoms with Crippen molar-refractivity contribution in [2.24, 2.45) is 5.92 Å². The van der Waals surface area contributed by atoms with Crippen molar-refractivity contribution >= 4 is 11.6 Å². The Balaban J connectivity index is 1.37. The van der Waals surface area contributed by atoms with E-state index >= 15 is 0 Å². The highest BCUT2D eigenvalue weighted by Gasteiger charge is 2.61. The molecule has 2 saturated heterocycles. The van der Waals surface area contributed by atoms with Crippen LogP contribution in [0.5, 0.6) is 11.5 Å². The molecular formula is C25H26N2O4. The third-order valence-corrected chi connectivity index (χ3v) is 6.99. The van der Waals surface area contributed by atoms with E-state index in [2.05, 4.69) is 13.8 Å². The number of esters is 1. The van der Waals surface area contributed by atoms with Gasteiger partial charge in [-0.15, -0.1) is 0 Å². The molecule has 2 aliphatic carbocycles. The molecule has 4 fully saturated rings. The molecular weight excluding hydrogens is 392 g/mol. The van der Waals surface area contributed by atoms with E-state index in [1.165, 1.54) is 12.8 Å². The minimum Gasteiger partial charge on any atom is -0.489 e. The molecule has 2 aliphatic heterocycles. The number of aromatic nitrogens is 2. The van der Waals surface area contributed by atoms with Crippen LogP contribution in [0, 0.1) is 5.92 Å². The van der Waals surface area contributed by atoms with Crippen molar-refractivity contribution in [3.63, 3.8) is 0 Å². The third-order valence-electron chi connectivity index (χ3n) is 6.99. The third kappa shape index (κ3) is 3.21. The van der Waals surface area contributed by atoms with Crippen LogP contribution in [-0.4, -0.2) is 33.7 Å². The van der Waals surface area contributed by atoms with Crippen LogP contribution in [0.25, 0.3) is 5.65 Å². The summed E-state index contributed by atoms with van der Waals surface area (Å²) in [5, 5.41) is 0. The molecule has 1 unspecified atom stereocenters. The van der Waals surface area contributed by atoms with E-state index in [4.69, 9.17) is 19.2 Å². The SMILES string of the molecule is CC(Oc1cc2nc(C34COC(C)(C3)C4)cn2cc1C(=O)Oc1ccccc1)C1CC1. The van der Waals surface area contributed by atoms with Gasteiger partial charge in [0.25, 0.3) is 0 Å². The summed E-state index contributed by atoms with van der Waals surface area (Å²) < 4.78 is 19.7. The van der Waals surface area contributed by atoms with Crippen molar-refractivity contribution in [1.29, 1.82) is 0 Å². The van der Waals surface area contributed by atoms with Crippen molar-refractivity contribution in [3.8, 4) is 11.5 Å². The Bertz CT molecular complexity index is 1160. The summed E-state index contributed by atoms with van der Waals surface area (Å²) in [6.45, 7) is 4.94. The maximum absolute atomic E-state index is 13.1. The van der Waals surface area contributed by atoms with E-state index in [9.17, 15) is 4.79 Å². The van der Waals surface area contributed by atoms with E-state index in [1.54, 1.807) is 18.3 Å². The first kappa shape index (κ1) is 18.9. The second kappa shape index (κ2) is 6.57. The number of pyridine rings is 1. The molecule has 6 nitrogen and oxygen atoms in total. The highest BCUT2D eigenvalue weighted by atomic mass is 16.5. The van der Waals surface area contributed by atoms with Gasteiger partial charge in [-0.2, -0.15) is 0 Å².